The first-order valence-electron chi connectivity index (χ1n) is 8.71. The lowest BCUT2D eigenvalue weighted by atomic mass is 10.1. The van der Waals surface area contributed by atoms with Crippen LogP contribution in [0.5, 0.6) is 5.88 Å². The summed E-state index contributed by atoms with van der Waals surface area (Å²) < 4.78 is 5.22. The Bertz CT molecular complexity index is 866. The Kier molecular flexibility index (Phi) is 2.90. The van der Waals surface area contributed by atoms with E-state index in [1.54, 1.807) is 13.3 Å². The molecule has 3 heterocycles. The Hall–Kier alpha value is -2.63. The van der Waals surface area contributed by atoms with Crippen LogP contribution in [0.2, 0.25) is 0 Å². The highest BCUT2D eigenvalue weighted by molar-refractivity contribution is 6.11. The molecule has 2 aliphatic carbocycles. The number of carbonyl (C=O) groups is 1. The average molecular weight is 336 g/mol. The van der Waals surface area contributed by atoms with Crippen molar-refractivity contribution in [3.05, 3.63) is 42.4 Å². The van der Waals surface area contributed by atoms with Crippen molar-refractivity contribution >= 4 is 17.4 Å². The van der Waals surface area contributed by atoms with Gasteiger partial charge in [-0.15, -0.1) is 0 Å². The van der Waals surface area contributed by atoms with Crippen LogP contribution in [0.1, 0.15) is 37.7 Å². The lowest BCUT2D eigenvalue weighted by Gasteiger charge is -2.28. The number of anilines is 2. The first-order valence-corrected chi connectivity index (χ1v) is 8.71. The maximum Gasteiger partial charge on any atom is 0.329 e. The summed E-state index contributed by atoms with van der Waals surface area (Å²) >= 11 is 0. The Morgan fingerprint density at radius 1 is 1.28 bits per heavy atom. The van der Waals surface area contributed by atoms with Gasteiger partial charge in [0.2, 0.25) is 5.88 Å². The fourth-order valence-electron chi connectivity index (χ4n) is 4.05. The molecule has 1 saturated heterocycles. The molecule has 0 N–H and O–H groups in total. The second-order valence-corrected chi connectivity index (χ2v) is 7.33. The summed E-state index contributed by atoms with van der Waals surface area (Å²) in [6, 6.07) is 5.96. The number of amides is 2. The van der Waals surface area contributed by atoms with Crippen LogP contribution in [0, 0.1) is 0 Å². The number of nitrogens with zero attached hydrogens (tertiary/aromatic N) is 4. The molecule has 0 unspecified atom stereocenters. The van der Waals surface area contributed by atoms with Crippen LogP contribution in [0.3, 0.4) is 0 Å². The highest BCUT2D eigenvalue weighted by atomic mass is 16.5. The number of methoxy groups -OCH3 is 1. The smallest absolute Gasteiger partial charge is 0.329 e. The zero-order valence-corrected chi connectivity index (χ0v) is 14.3. The number of carbonyl (C=O) groups excluding carboxylic acids is 1. The maximum absolute atomic E-state index is 13.3. The average Bonchev–Trinajstić information content (AvgIpc) is 3.54. The van der Waals surface area contributed by atoms with Crippen molar-refractivity contribution in [1.82, 2.24) is 9.97 Å². The van der Waals surface area contributed by atoms with Gasteiger partial charge in [0, 0.05) is 18.5 Å². The number of rotatable bonds is 4. The fraction of sp³-hybridized carbons (Fsp3) is 0.421. The van der Waals surface area contributed by atoms with E-state index in [-0.39, 0.29) is 17.6 Å². The lowest BCUT2D eigenvalue weighted by Crippen LogP contribution is -2.40. The molecule has 6 heteroatoms. The molecule has 1 aliphatic heterocycles. The van der Waals surface area contributed by atoms with E-state index in [0.29, 0.717) is 11.8 Å². The van der Waals surface area contributed by atoms with Crippen molar-refractivity contribution in [2.45, 2.75) is 43.7 Å². The molecule has 0 radical (unpaired) electrons. The van der Waals surface area contributed by atoms with Gasteiger partial charge in [-0.25, -0.2) is 9.78 Å². The predicted molar refractivity (Wildman–Crippen MR) is 94.2 cm³/mol. The Balaban J connectivity index is 1.56. The number of urea groups is 1. The SMILES string of the molecule is COc1cc(N2C(=O)N(c3cnccc3C3CC3)[C@@]3(C)C[C@@H]23)ccn1. The third kappa shape index (κ3) is 2.06. The monoisotopic (exact) mass is 336 g/mol. The molecule has 0 bridgehead atoms. The van der Waals surface area contributed by atoms with Crippen LogP contribution in [0.4, 0.5) is 16.2 Å². The second-order valence-electron chi connectivity index (χ2n) is 7.33. The van der Waals surface area contributed by atoms with Crippen LogP contribution in [0.15, 0.2) is 36.8 Å². The number of hydrogen-bond acceptors (Lipinski definition) is 4. The number of fused-ring (bicyclic) bond motifs is 1. The topological polar surface area (TPSA) is 58.6 Å². The van der Waals surface area contributed by atoms with Crippen LogP contribution < -0.4 is 14.5 Å². The zero-order valence-electron chi connectivity index (χ0n) is 14.3. The molecule has 2 atom stereocenters. The lowest BCUT2D eigenvalue weighted by molar-refractivity contribution is 0.253. The minimum absolute atomic E-state index is 0.0157. The van der Waals surface area contributed by atoms with Gasteiger partial charge in [-0.3, -0.25) is 14.8 Å². The molecular formula is C19H20N4O2. The van der Waals surface area contributed by atoms with Crippen LogP contribution >= 0.6 is 0 Å². The molecule has 0 spiro atoms. The van der Waals surface area contributed by atoms with Crippen molar-refractivity contribution < 1.29 is 9.53 Å². The molecular weight excluding hydrogens is 316 g/mol. The Morgan fingerprint density at radius 2 is 2.12 bits per heavy atom. The Morgan fingerprint density at radius 3 is 2.88 bits per heavy atom. The number of hydrogen-bond donors (Lipinski definition) is 0. The molecule has 2 aromatic rings. The summed E-state index contributed by atoms with van der Waals surface area (Å²) in [6.45, 7) is 2.16. The minimum Gasteiger partial charge on any atom is -0.481 e. The van der Waals surface area contributed by atoms with Gasteiger partial charge < -0.3 is 4.74 Å². The van der Waals surface area contributed by atoms with Crippen molar-refractivity contribution in [1.29, 1.82) is 0 Å². The number of pyridine rings is 2. The van der Waals surface area contributed by atoms with Crippen LogP contribution in [-0.4, -0.2) is 34.7 Å². The standard InChI is InChI=1S/C19H20N4O2/c1-19-10-16(19)22(13-5-8-21-17(9-13)25-2)18(24)23(19)15-11-20-7-6-14(15)12-3-4-12/h5-9,11-12,16H,3-4,10H2,1-2H3/t16-,19+/m1/s1. The van der Waals surface area contributed by atoms with Gasteiger partial charge in [0.15, 0.2) is 0 Å². The van der Waals surface area contributed by atoms with Crippen molar-refractivity contribution in [2.24, 2.45) is 0 Å². The normalized spacial score (nSPS) is 27.4. The summed E-state index contributed by atoms with van der Waals surface area (Å²) in [7, 11) is 1.59. The summed E-state index contributed by atoms with van der Waals surface area (Å²) in [5.74, 6) is 1.09. The van der Waals surface area contributed by atoms with Crippen LogP contribution in [0.25, 0.3) is 0 Å². The highest BCUT2D eigenvalue weighted by Gasteiger charge is 2.68. The molecule has 2 saturated carbocycles. The largest absolute Gasteiger partial charge is 0.481 e. The molecule has 2 amide bonds. The van der Waals surface area contributed by atoms with Gasteiger partial charge in [-0.05, 0) is 49.8 Å². The first-order chi connectivity index (χ1) is 12.1. The van der Waals surface area contributed by atoms with E-state index in [2.05, 4.69) is 23.0 Å². The first kappa shape index (κ1) is 14.7. The highest BCUT2D eigenvalue weighted by Crippen LogP contribution is 2.56. The molecule has 3 aliphatic rings. The van der Waals surface area contributed by atoms with Crippen molar-refractivity contribution in [3.8, 4) is 5.88 Å². The van der Waals surface area contributed by atoms with E-state index in [1.807, 2.05) is 34.3 Å². The van der Waals surface area contributed by atoms with E-state index >= 15 is 0 Å². The second kappa shape index (κ2) is 4.94. The molecule has 25 heavy (non-hydrogen) atoms. The molecule has 6 nitrogen and oxygen atoms in total. The molecule has 3 fully saturated rings. The van der Waals surface area contributed by atoms with Crippen molar-refractivity contribution in [2.75, 3.05) is 16.9 Å². The minimum atomic E-state index is -0.166. The summed E-state index contributed by atoms with van der Waals surface area (Å²) in [4.78, 5) is 25.6. The van der Waals surface area contributed by atoms with E-state index in [9.17, 15) is 4.79 Å². The van der Waals surface area contributed by atoms with E-state index in [1.165, 1.54) is 18.4 Å². The fourth-order valence-corrected chi connectivity index (χ4v) is 4.05. The van der Waals surface area contributed by atoms with Crippen LogP contribution in [-0.2, 0) is 0 Å². The van der Waals surface area contributed by atoms with Gasteiger partial charge in [-0.1, -0.05) is 0 Å². The van der Waals surface area contributed by atoms with E-state index < -0.39 is 0 Å². The van der Waals surface area contributed by atoms with Gasteiger partial charge in [0.05, 0.1) is 36.3 Å². The number of aromatic nitrogens is 2. The zero-order chi connectivity index (χ0) is 17.2. The van der Waals surface area contributed by atoms with Gasteiger partial charge in [-0.2, -0.15) is 0 Å². The van der Waals surface area contributed by atoms with Gasteiger partial charge in [0.25, 0.3) is 0 Å². The summed E-state index contributed by atoms with van der Waals surface area (Å²) in [6.07, 6.45) is 8.72. The van der Waals surface area contributed by atoms with E-state index in [0.717, 1.165) is 17.8 Å². The predicted octanol–water partition coefficient (Wildman–Crippen LogP) is 3.34. The summed E-state index contributed by atoms with van der Waals surface area (Å²) in [5, 5.41) is 0. The Labute approximate surface area is 146 Å². The molecule has 0 aromatic carbocycles. The third-order valence-electron chi connectivity index (χ3n) is 5.68. The van der Waals surface area contributed by atoms with E-state index in [4.69, 9.17) is 4.74 Å². The quantitative estimate of drug-likeness (QED) is 0.859. The number of ether oxygens (including phenoxy) is 1. The molecule has 2 aromatic heterocycles. The van der Waals surface area contributed by atoms with Gasteiger partial charge >= 0.3 is 6.03 Å². The summed E-state index contributed by atoms with van der Waals surface area (Å²) in [5.41, 5.74) is 2.90. The third-order valence-corrected chi connectivity index (χ3v) is 5.68. The molecule has 128 valence electrons. The molecule has 5 rings (SSSR count). The van der Waals surface area contributed by atoms with Gasteiger partial charge in [0.1, 0.15) is 0 Å². The van der Waals surface area contributed by atoms with Crippen molar-refractivity contribution in [3.63, 3.8) is 0 Å². The maximum atomic E-state index is 13.3.